The molecule has 8 nitrogen and oxygen atoms in total. The lowest BCUT2D eigenvalue weighted by Gasteiger charge is -2.19. The summed E-state index contributed by atoms with van der Waals surface area (Å²) in [7, 11) is 0. The van der Waals surface area contributed by atoms with Crippen molar-refractivity contribution in [3.63, 3.8) is 0 Å². The highest BCUT2D eigenvalue weighted by Crippen LogP contribution is 2.44. The van der Waals surface area contributed by atoms with Crippen LogP contribution in [0.5, 0.6) is 0 Å². The Hall–Kier alpha value is -3.82. The molecule has 0 aliphatic heterocycles. The van der Waals surface area contributed by atoms with Crippen LogP contribution >= 0.6 is 0 Å². The fourth-order valence-electron chi connectivity index (χ4n) is 4.14. The lowest BCUT2D eigenvalue weighted by Crippen LogP contribution is -2.31. The number of aromatic carboxylic acids is 1. The highest BCUT2D eigenvalue weighted by Gasteiger charge is 2.29. The maximum Gasteiger partial charge on any atom is 0.407 e. The van der Waals surface area contributed by atoms with Gasteiger partial charge in [-0.1, -0.05) is 48.5 Å². The van der Waals surface area contributed by atoms with Gasteiger partial charge in [-0.05, 0) is 34.7 Å². The van der Waals surface area contributed by atoms with Gasteiger partial charge < -0.3 is 25.4 Å². The molecular formula is C25H23FN2O6. The predicted molar refractivity (Wildman–Crippen MR) is 120 cm³/mol. The van der Waals surface area contributed by atoms with Gasteiger partial charge in [0.1, 0.15) is 18.4 Å². The Labute approximate surface area is 194 Å². The summed E-state index contributed by atoms with van der Waals surface area (Å²) in [5, 5.41) is 31.8. The molecule has 34 heavy (non-hydrogen) atoms. The molecule has 0 spiro atoms. The zero-order valence-electron chi connectivity index (χ0n) is 18.0. The largest absolute Gasteiger partial charge is 0.478 e. The molecule has 1 aliphatic rings. The molecule has 176 valence electrons. The minimum Gasteiger partial charge on any atom is -0.478 e. The van der Waals surface area contributed by atoms with Crippen LogP contribution < -0.4 is 5.32 Å². The molecule has 2 unspecified atom stereocenters. The number of carbonyl (C=O) groups is 2. The number of benzene rings is 2. The van der Waals surface area contributed by atoms with Crippen molar-refractivity contribution < 1.29 is 34.0 Å². The van der Waals surface area contributed by atoms with Crippen molar-refractivity contribution in [1.82, 2.24) is 10.3 Å². The topological polar surface area (TPSA) is 129 Å². The number of pyridine rings is 1. The number of alkyl carbamates (subject to hydrolysis) is 1. The summed E-state index contributed by atoms with van der Waals surface area (Å²) in [6.45, 7) is 0.0668. The van der Waals surface area contributed by atoms with Crippen molar-refractivity contribution in [1.29, 1.82) is 0 Å². The van der Waals surface area contributed by atoms with Gasteiger partial charge in [-0.15, -0.1) is 0 Å². The smallest absolute Gasteiger partial charge is 0.407 e. The van der Waals surface area contributed by atoms with Gasteiger partial charge in [0, 0.05) is 18.7 Å². The highest BCUT2D eigenvalue weighted by molar-refractivity contribution is 5.88. The summed E-state index contributed by atoms with van der Waals surface area (Å²) in [4.78, 5) is 26.9. The number of fused-ring (bicyclic) bond motifs is 3. The molecule has 1 aromatic heterocycles. The zero-order chi connectivity index (χ0) is 24.2. The Morgan fingerprint density at radius 2 is 1.65 bits per heavy atom. The Morgan fingerprint density at radius 3 is 2.26 bits per heavy atom. The van der Waals surface area contributed by atoms with E-state index in [0.717, 1.165) is 34.5 Å². The Morgan fingerprint density at radius 1 is 1.03 bits per heavy atom. The van der Waals surface area contributed by atoms with Gasteiger partial charge in [0.05, 0.1) is 11.7 Å². The standard InChI is InChI=1S/C25H23FN2O6/c26-21-18(24(31)32)9-11-27-22(21)23(30)20(29)10-12-28-25(33)34-13-19-16-7-3-1-5-14(16)15-6-2-4-8-17(15)19/h1-9,11,19-20,23,29-30H,10,12-13H2,(H,28,33)(H,31,32). The van der Waals surface area contributed by atoms with Crippen LogP contribution in [0.4, 0.5) is 9.18 Å². The molecule has 1 amide bonds. The first-order valence-corrected chi connectivity index (χ1v) is 10.7. The Balaban J connectivity index is 1.30. The third-order valence-electron chi connectivity index (χ3n) is 5.84. The van der Waals surface area contributed by atoms with Crippen molar-refractivity contribution in [2.24, 2.45) is 0 Å². The van der Waals surface area contributed by atoms with Crippen molar-refractivity contribution >= 4 is 12.1 Å². The van der Waals surface area contributed by atoms with Crippen LogP contribution in [-0.4, -0.2) is 51.6 Å². The second-order valence-electron chi connectivity index (χ2n) is 7.92. The number of carbonyl (C=O) groups excluding carboxylic acids is 1. The summed E-state index contributed by atoms with van der Waals surface area (Å²) in [6.07, 6.45) is -3.04. The average Bonchev–Trinajstić information content (AvgIpc) is 3.16. The molecular weight excluding hydrogens is 443 g/mol. The molecule has 9 heteroatoms. The predicted octanol–water partition coefficient (Wildman–Crippen LogP) is 3.24. The molecule has 0 radical (unpaired) electrons. The van der Waals surface area contributed by atoms with Crippen molar-refractivity contribution in [3.05, 3.63) is 89.0 Å². The van der Waals surface area contributed by atoms with Crippen LogP contribution in [0.1, 0.15) is 45.6 Å². The number of aliphatic hydroxyl groups excluding tert-OH is 2. The summed E-state index contributed by atoms with van der Waals surface area (Å²) >= 11 is 0. The van der Waals surface area contributed by atoms with E-state index in [4.69, 9.17) is 9.84 Å². The molecule has 0 saturated heterocycles. The number of hydrogen-bond acceptors (Lipinski definition) is 6. The lowest BCUT2D eigenvalue weighted by molar-refractivity contribution is 0.00878. The number of hydrogen-bond donors (Lipinski definition) is 4. The Bertz CT molecular complexity index is 1170. The van der Waals surface area contributed by atoms with E-state index in [2.05, 4.69) is 10.3 Å². The number of aromatic nitrogens is 1. The fraction of sp³-hybridized carbons (Fsp3) is 0.240. The summed E-state index contributed by atoms with van der Waals surface area (Å²) in [5.74, 6) is -2.83. The third-order valence-corrected chi connectivity index (χ3v) is 5.84. The second-order valence-corrected chi connectivity index (χ2v) is 7.92. The van der Waals surface area contributed by atoms with E-state index in [1.165, 1.54) is 0 Å². The zero-order valence-corrected chi connectivity index (χ0v) is 18.0. The van der Waals surface area contributed by atoms with Gasteiger partial charge in [-0.3, -0.25) is 4.98 Å². The minimum absolute atomic E-state index is 0.0604. The number of aliphatic hydroxyl groups is 2. The molecule has 0 bridgehead atoms. The number of halogens is 1. The first-order valence-electron chi connectivity index (χ1n) is 10.7. The number of amides is 1. The van der Waals surface area contributed by atoms with Gasteiger partial charge in [0.15, 0.2) is 5.82 Å². The quantitative estimate of drug-likeness (QED) is 0.401. The first-order chi connectivity index (χ1) is 16.4. The van der Waals surface area contributed by atoms with E-state index >= 15 is 0 Å². The van der Waals surface area contributed by atoms with Crippen LogP contribution in [-0.2, 0) is 4.74 Å². The van der Waals surface area contributed by atoms with Gasteiger partial charge >= 0.3 is 12.1 Å². The number of nitrogens with one attached hydrogen (secondary N) is 1. The number of nitrogens with zero attached hydrogens (tertiary/aromatic N) is 1. The van der Waals surface area contributed by atoms with Gasteiger partial charge in [-0.25, -0.2) is 14.0 Å². The summed E-state index contributed by atoms with van der Waals surface area (Å²) < 4.78 is 19.6. The molecule has 1 heterocycles. The van der Waals surface area contributed by atoms with Crippen molar-refractivity contribution in [2.45, 2.75) is 24.5 Å². The first kappa shape index (κ1) is 23.3. The second kappa shape index (κ2) is 9.98. The van der Waals surface area contributed by atoms with Crippen molar-refractivity contribution in [3.8, 4) is 11.1 Å². The minimum atomic E-state index is -1.76. The van der Waals surface area contributed by atoms with Crippen molar-refractivity contribution in [2.75, 3.05) is 13.2 Å². The van der Waals surface area contributed by atoms with Crippen LogP contribution in [0.15, 0.2) is 60.8 Å². The molecule has 2 aromatic carbocycles. The molecule has 0 saturated carbocycles. The summed E-state index contributed by atoms with van der Waals surface area (Å²) in [5.41, 5.74) is 3.14. The normalized spacial score (nSPS) is 14.1. The van der Waals surface area contributed by atoms with Crippen LogP contribution in [0.3, 0.4) is 0 Å². The van der Waals surface area contributed by atoms with E-state index < -0.39 is 41.3 Å². The summed E-state index contributed by atoms with van der Waals surface area (Å²) in [6, 6.07) is 16.8. The Kier molecular flexibility index (Phi) is 6.85. The maximum absolute atomic E-state index is 14.2. The molecule has 4 N–H and O–H groups in total. The number of ether oxygens (including phenoxy) is 1. The molecule has 3 aromatic rings. The SMILES string of the molecule is O=C(NCCC(O)C(O)c1nccc(C(=O)O)c1F)OCC1c2ccccc2-c2ccccc21. The van der Waals surface area contributed by atoms with E-state index in [9.17, 15) is 24.2 Å². The third kappa shape index (κ3) is 4.61. The molecule has 4 rings (SSSR count). The van der Waals surface area contributed by atoms with E-state index in [0.29, 0.717) is 0 Å². The van der Waals surface area contributed by atoms with Gasteiger partial charge in [0.25, 0.3) is 0 Å². The highest BCUT2D eigenvalue weighted by atomic mass is 19.1. The van der Waals surface area contributed by atoms with Crippen LogP contribution in [0.2, 0.25) is 0 Å². The molecule has 2 atom stereocenters. The van der Waals surface area contributed by atoms with Gasteiger partial charge in [-0.2, -0.15) is 0 Å². The van der Waals surface area contributed by atoms with Crippen LogP contribution in [0, 0.1) is 5.82 Å². The van der Waals surface area contributed by atoms with E-state index in [-0.39, 0.29) is 25.5 Å². The lowest BCUT2D eigenvalue weighted by atomic mass is 9.98. The average molecular weight is 466 g/mol. The maximum atomic E-state index is 14.2. The number of rotatable bonds is 8. The van der Waals surface area contributed by atoms with E-state index in [1.807, 2.05) is 48.5 Å². The van der Waals surface area contributed by atoms with Gasteiger partial charge in [0.2, 0.25) is 0 Å². The van der Waals surface area contributed by atoms with Crippen LogP contribution in [0.25, 0.3) is 11.1 Å². The fourth-order valence-corrected chi connectivity index (χ4v) is 4.14. The monoisotopic (exact) mass is 466 g/mol. The molecule has 0 fully saturated rings. The number of carboxylic acids is 1. The molecule has 1 aliphatic carbocycles. The van der Waals surface area contributed by atoms with E-state index in [1.54, 1.807) is 0 Å². The number of carboxylic acid groups (broad SMARTS) is 1.